The number of nitrogens with one attached hydrogen (secondary N) is 1. The summed E-state index contributed by atoms with van der Waals surface area (Å²) in [6, 6.07) is 3.45. The molecule has 7 heteroatoms. The van der Waals surface area contributed by atoms with Crippen molar-refractivity contribution in [3.8, 4) is 5.75 Å². The van der Waals surface area contributed by atoms with Crippen LogP contribution in [-0.4, -0.2) is 61.1 Å². The third-order valence-electron chi connectivity index (χ3n) is 4.21. The van der Waals surface area contributed by atoms with Crippen LogP contribution in [0.15, 0.2) is 12.1 Å². The van der Waals surface area contributed by atoms with Crippen molar-refractivity contribution in [2.24, 2.45) is 0 Å². The number of carbonyl (C=O) groups excluding carboxylic acids is 2. The Morgan fingerprint density at radius 3 is 2.44 bits per heavy atom. The molecule has 3 amide bonds. The van der Waals surface area contributed by atoms with Crippen LogP contribution in [0, 0.1) is 6.92 Å². The lowest BCUT2D eigenvalue weighted by Gasteiger charge is -2.24. The molecule has 2 rings (SSSR count). The summed E-state index contributed by atoms with van der Waals surface area (Å²) in [6.45, 7) is 8.02. The number of halogens is 1. The van der Waals surface area contributed by atoms with E-state index >= 15 is 0 Å². The maximum absolute atomic E-state index is 12.9. The lowest BCUT2D eigenvalue weighted by Crippen LogP contribution is -2.44. The molecule has 0 radical (unpaired) electrons. The first kappa shape index (κ1) is 19.4. The van der Waals surface area contributed by atoms with Gasteiger partial charge in [-0.2, -0.15) is 0 Å². The highest BCUT2D eigenvalue weighted by atomic mass is 35.5. The SMILES string of the molecule is COc1cc(C)c(C(=O)N2CCCN(C(=O)NC(C)C)CC2)cc1Cl. The zero-order chi connectivity index (χ0) is 18.6. The van der Waals surface area contributed by atoms with Gasteiger partial charge in [-0.1, -0.05) is 11.6 Å². The average molecular weight is 368 g/mol. The van der Waals surface area contributed by atoms with E-state index in [1.807, 2.05) is 20.8 Å². The van der Waals surface area contributed by atoms with Crippen LogP contribution in [-0.2, 0) is 0 Å². The first-order valence-electron chi connectivity index (χ1n) is 8.52. The molecule has 1 N–H and O–H groups in total. The van der Waals surface area contributed by atoms with E-state index in [0.29, 0.717) is 42.5 Å². The van der Waals surface area contributed by atoms with Crippen LogP contribution >= 0.6 is 11.6 Å². The third-order valence-corrected chi connectivity index (χ3v) is 4.51. The van der Waals surface area contributed by atoms with Crippen molar-refractivity contribution < 1.29 is 14.3 Å². The van der Waals surface area contributed by atoms with E-state index in [-0.39, 0.29) is 18.0 Å². The Bertz CT molecular complexity index is 649. The molecule has 6 nitrogen and oxygen atoms in total. The molecule has 1 aromatic carbocycles. The largest absolute Gasteiger partial charge is 0.495 e. The van der Waals surface area contributed by atoms with Gasteiger partial charge in [-0.3, -0.25) is 4.79 Å². The maximum atomic E-state index is 12.9. The van der Waals surface area contributed by atoms with E-state index in [0.717, 1.165) is 12.0 Å². The van der Waals surface area contributed by atoms with E-state index in [1.54, 1.807) is 29.0 Å². The molecule has 138 valence electrons. The van der Waals surface area contributed by atoms with Gasteiger partial charge in [0.1, 0.15) is 5.75 Å². The fourth-order valence-corrected chi connectivity index (χ4v) is 3.11. The minimum atomic E-state index is -0.0760. The van der Waals surface area contributed by atoms with Crippen molar-refractivity contribution in [2.75, 3.05) is 33.3 Å². The molecule has 0 aromatic heterocycles. The highest BCUT2D eigenvalue weighted by molar-refractivity contribution is 6.32. The van der Waals surface area contributed by atoms with Gasteiger partial charge in [0, 0.05) is 37.8 Å². The average Bonchev–Trinajstić information content (AvgIpc) is 2.81. The van der Waals surface area contributed by atoms with Gasteiger partial charge in [-0.05, 0) is 44.9 Å². The molecule has 0 bridgehead atoms. The molecular weight excluding hydrogens is 342 g/mol. The van der Waals surface area contributed by atoms with E-state index in [4.69, 9.17) is 16.3 Å². The molecule has 1 fully saturated rings. The highest BCUT2D eigenvalue weighted by Crippen LogP contribution is 2.28. The second kappa shape index (κ2) is 8.43. The molecule has 0 unspecified atom stereocenters. The summed E-state index contributed by atoms with van der Waals surface area (Å²) < 4.78 is 5.19. The summed E-state index contributed by atoms with van der Waals surface area (Å²) in [5.74, 6) is 0.497. The molecule has 1 aromatic rings. The van der Waals surface area contributed by atoms with Crippen molar-refractivity contribution in [1.29, 1.82) is 0 Å². The number of aryl methyl sites for hydroxylation is 1. The molecular formula is C18H26ClN3O3. The van der Waals surface area contributed by atoms with Crippen molar-refractivity contribution in [3.63, 3.8) is 0 Å². The lowest BCUT2D eigenvalue weighted by atomic mass is 10.1. The van der Waals surface area contributed by atoms with Crippen molar-refractivity contribution in [2.45, 2.75) is 33.2 Å². The topological polar surface area (TPSA) is 61.9 Å². The summed E-state index contributed by atoms with van der Waals surface area (Å²) in [7, 11) is 1.55. The third kappa shape index (κ3) is 4.78. The normalized spacial score (nSPS) is 15.1. The van der Waals surface area contributed by atoms with Crippen LogP contribution in [0.5, 0.6) is 5.75 Å². The van der Waals surface area contributed by atoms with Gasteiger partial charge in [0.2, 0.25) is 0 Å². The fourth-order valence-electron chi connectivity index (χ4n) is 2.87. The Labute approximate surface area is 154 Å². The summed E-state index contributed by atoms with van der Waals surface area (Å²) in [4.78, 5) is 28.6. The van der Waals surface area contributed by atoms with E-state index in [2.05, 4.69) is 5.32 Å². The number of nitrogens with zero attached hydrogens (tertiary/aromatic N) is 2. The van der Waals surface area contributed by atoms with Gasteiger partial charge in [0.15, 0.2) is 0 Å². The van der Waals surface area contributed by atoms with E-state index < -0.39 is 0 Å². The zero-order valence-corrected chi connectivity index (χ0v) is 16.0. The van der Waals surface area contributed by atoms with Gasteiger partial charge < -0.3 is 19.9 Å². The van der Waals surface area contributed by atoms with Crippen LogP contribution in [0.1, 0.15) is 36.2 Å². The molecule has 0 saturated carbocycles. The van der Waals surface area contributed by atoms with Crippen LogP contribution in [0.2, 0.25) is 5.02 Å². The predicted octanol–water partition coefficient (Wildman–Crippen LogP) is 2.92. The molecule has 1 aliphatic rings. The molecule has 0 aliphatic carbocycles. The Hall–Kier alpha value is -1.95. The van der Waals surface area contributed by atoms with Crippen LogP contribution < -0.4 is 10.1 Å². The Morgan fingerprint density at radius 2 is 1.80 bits per heavy atom. The second-order valence-corrected chi connectivity index (χ2v) is 6.95. The number of urea groups is 1. The van der Waals surface area contributed by atoms with Gasteiger partial charge >= 0.3 is 6.03 Å². The monoisotopic (exact) mass is 367 g/mol. The molecule has 0 atom stereocenters. The number of hydrogen-bond donors (Lipinski definition) is 1. The summed E-state index contributed by atoms with van der Waals surface area (Å²) in [6.07, 6.45) is 0.750. The van der Waals surface area contributed by atoms with Crippen LogP contribution in [0.4, 0.5) is 4.79 Å². The number of ether oxygens (including phenoxy) is 1. The molecule has 25 heavy (non-hydrogen) atoms. The fraction of sp³-hybridized carbons (Fsp3) is 0.556. The number of methoxy groups -OCH3 is 1. The molecule has 1 saturated heterocycles. The Morgan fingerprint density at radius 1 is 1.16 bits per heavy atom. The van der Waals surface area contributed by atoms with Crippen LogP contribution in [0.25, 0.3) is 0 Å². The number of benzene rings is 1. The second-order valence-electron chi connectivity index (χ2n) is 6.54. The van der Waals surface area contributed by atoms with Crippen molar-refractivity contribution in [1.82, 2.24) is 15.1 Å². The van der Waals surface area contributed by atoms with E-state index in [9.17, 15) is 9.59 Å². The molecule has 0 spiro atoms. The summed E-state index contributed by atoms with van der Waals surface area (Å²) >= 11 is 6.17. The van der Waals surface area contributed by atoms with Crippen molar-refractivity contribution in [3.05, 3.63) is 28.3 Å². The molecule has 1 aliphatic heterocycles. The van der Waals surface area contributed by atoms with Gasteiger partial charge in [0.25, 0.3) is 5.91 Å². The smallest absolute Gasteiger partial charge is 0.317 e. The zero-order valence-electron chi connectivity index (χ0n) is 15.3. The quantitative estimate of drug-likeness (QED) is 0.893. The first-order valence-corrected chi connectivity index (χ1v) is 8.90. The number of rotatable bonds is 3. The number of amides is 3. The Kier molecular flexibility index (Phi) is 6.53. The summed E-state index contributed by atoms with van der Waals surface area (Å²) in [5.41, 5.74) is 1.40. The van der Waals surface area contributed by atoms with Gasteiger partial charge in [-0.15, -0.1) is 0 Å². The van der Waals surface area contributed by atoms with Crippen molar-refractivity contribution >= 4 is 23.5 Å². The Balaban J connectivity index is 2.08. The molecule has 1 heterocycles. The minimum Gasteiger partial charge on any atom is -0.495 e. The minimum absolute atomic E-state index is 0.0619. The highest BCUT2D eigenvalue weighted by Gasteiger charge is 2.24. The van der Waals surface area contributed by atoms with Gasteiger partial charge in [-0.25, -0.2) is 4.79 Å². The predicted molar refractivity (Wildman–Crippen MR) is 98.5 cm³/mol. The number of carbonyl (C=O) groups is 2. The lowest BCUT2D eigenvalue weighted by molar-refractivity contribution is 0.0761. The van der Waals surface area contributed by atoms with E-state index in [1.165, 1.54) is 0 Å². The van der Waals surface area contributed by atoms with Crippen LogP contribution in [0.3, 0.4) is 0 Å². The summed E-state index contributed by atoms with van der Waals surface area (Å²) in [5, 5.41) is 3.32. The van der Waals surface area contributed by atoms with Gasteiger partial charge in [0.05, 0.1) is 12.1 Å². The standard InChI is InChI=1S/C18H26ClN3O3/c1-12(2)20-18(24)22-7-5-6-21(8-9-22)17(23)14-11-15(19)16(25-4)10-13(14)3/h10-12H,5-9H2,1-4H3,(H,20,24). The first-order chi connectivity index (χ1) is 11.8. The maximum Gasteiger partial charge on any atom is 0.317 e. The number of hydrogen-bond acceptors (Lipinski definition) is 3.